The molecule has 0 aliphatic carbocycles. The van der Waals surface area contributed by atoms with Gasteiger partial charge in [-0.05, 0) is 36.4 Å². The Bertz CT molecular complexity index is 605. The molecular formula is C13H12N2O2S. The van der Waals surface area contributed by atoms with Gasteiger partial charge in [-0.3, -0.25) is 4.79 Å². The summed E-state index contributed by atoms with van der Waals surface area (Å²) in [5, 5.41) is 2.77. The topological polar surface area (TPSA) is 54.1 Å². The second-order valence-corrected chi connectivity index (χ2v) is 4.00. The van der Waals surface area contributed by atoms with Crippen LogP contribution in [0.3, 0.4) is 0 Å². The maximum atomic E-state index is 12.0. The Balaban J connectivity index is 2.16. The molecule has 0 spiro atoms. The van der Waals surface area contributed by atoms with E-state index in [0.29, 0.717) is 15.9 Å². The van der Waals surface area contributed by atoms with E-state index < -0.39 is 0 Å². The van der Waals surface area contributed by atoms with Crippen LogP contribution in [0.2, 0.25) is 0 Å². The molecule has 2 N–H and O–H groups in total. The predicted octanol–water partition coefficient (Wildman–Crippen LogP) is 3.01. The molecule has 0 aliphatic heterocycles. The van der Waals surface area contributed by atoms with E-state index in [1.54, 1.807) is 49.7 Å². The monoisotopic (exact) mass is 260 g/mol. The number of anilines is 1. The molecule has 1 amide bonds. The molecule has 2 aromatic rings. The third-order valence-corrected chi connectivity index (χ3v) is 2.75. The predicted molar refractivity (Wildman–Crippen MR) is 72.6 cm³/mol. The van der Waals surface area contributed by atoms with Gasteiger partial charge in [0.05, 0.1) is 12.7 Å². The first-order valence-electron chi connectivity index (χ1n) is 5.34. The molecule has 92 valence electrons. The molecule has 0 saturated heterocycles. The average Bonchev–Trinajstić information content (AvgIpc) is 2.40. The number of hydrogen-bond acceptors (Lipinski definition) is 3. The number of ether oxygens (including phenoxy) is 1. The lowest BCUT2D eigenvalue weighted by molar-refractivity contribution is 0.102. The van der Waals surface area contributed by atoms with Gasteiger partial charge in [0, 0.05) is 11.9 Å². The van der Waals surface area contributed by atoms with Crippen molar-refractivity contribution in [2.45, 2.75) is 0 Å². The molecule has 0 aliphatic rings. The number of benzene rings is 1. The number of methoxy groups -OCH3 is 1. The number of aromatic amines is 1. The van der Waals surface area contributed by atoms with Crippen molar-refractivity contribution in [3.8, 4) is 5.75 Å². The Hall–Kier alpha value is -2.14. The van der Waals surface area contributed by atoms with Crippen LogP contribution in [0.5, 0.6) is 5.75 Å². The molecule has 0 atom stereocenters. The molecule has 0 radical (unpaired) electrons. The van der Waals surface area contributed by atoms with Crippen LogP contribution in [0.1, 0.15) is 10.4 Å². The molecule has 4 nitrogen and oxygen atoms in total. The summed E-state index contributed by atoms with van der Waals surface area (Å²) in [7, 11) is 1.59. The van der Waals surface area contributed by atoms with Gasteiger partial charge in [0.1, 0.15) is 10.4 Å². The second-order valence-electron chi connectivity index (χ2n) is 3.60. The molecule has 2 rings (SSSR count). The molecule has 0 saturated carbocycles. The van der Waals surface area contributed by atoms with E-state index in [1.165, 1.54) is 0 Å². The summed E-state index contributed by atoms with van der Waals surface area (Å²) in [4.78, 5) is 14.8. The zero-order valence-corrected chi connectivity index (χ0v) is 10.6. The van der Waals surface area contributed by atoms with Crippen LogP contribution in [-0.2, 0) is 0 Å². The smallest absolute Gasteiger partial charge is 0.258 e. The maximum absolute atomic E-state index is 12.0. The minimum absolute atomic E-state index is 0.234. The van der Waals surface area contributed by atoms with Crippen molar-refractivity contribution in [3.63, 3.8) is 0 Å². The van der Waals surface area contributed by atoms with Gasteiger partial charge in [0.25, 0.3) is 5.91 Å². The lowest BCUT2D eigenvalue weighted by Gasteiger charge is -2.06. The van der Waals surface area contributed by atoms with Crippen molar-refractivity contribution >= 4 is 23.8 Å². The number of carbonyl (C=O) groups excluding carboxylic acids is 1. The Morgan fingerprint density at radius 1 is 1.28 bits per heavy atom. The fraction of sp³-hybridized carbons (Fsp3) is 0.0769. The maximum Gasteiger partial charge on any atom is 0.258 e. The SMILES string of the molecule is COc1ccc(NC(=O)c2ccc[nH]c2=S)cc1. The van der Waals surface area contributed by atoms with E-state index in [4.69, 9.17) is 17.0 Å². The highest BCUT2D eigenvalue weighted by Crippen LogP contribution is 2.15. The van der Waals surface area contributed by atoms with Crippen molar-refractivity contribution in [2.24, 2.45) is 0 Å². The van der Waals surface area contributed by atoms with Gasteiger partial charge >= 0.3 is 0 Å². The molecule has 5 heteroatoms. The summed E-state index contributed by atoms with van der Waals surface area (Å²) >= 11 is 5.05. The highest BCUT2D eigenvalue weighted by Gasteiger charge is 2.07. The second kappa shape index (κ2) is 5.46. The first kappa shape index (κ1) is 12.3. The van der Waals surface area contributed by atoms with Gasteiger partial charge < -0.3 is 15.0 Å². The number of amides is 1. The normalized spacial score (nSPS) is 9.83. The van der Waals surface area contributed by atoms with E-state index in [-0.39, 0.29) is 5.91 Å². The van der Waals surface area contributed by atoms with E-state index in [2.05, 4.69) is 10.3 Å². The first-order chi connectivity index (χ1) is 8.70. The quantitative estimate of drug-likeness (QED) is 0.834. The number of pyridine rings is 1. The number of aromatic nitrogens is 1. The van der Waals surface area contributed by atoms with E-state index in [1.807, 2.05) is 0 Å². The van der Waals surface area contributed by atoms with Crippen LogP contribution >= 0.6 is 12.2 Å². The Kier molecular flexibility index (Phi) is 3.74. The summed E-state index contributed by atoms with van der Waals surface area (Å²) < 4.78 is 5.46. The molecule has 0 unspecified atom stereocenters. The van der Waals surface area contributed by atoms with E-state index >= 15 is 0 Å². The van der Waals surface area contributed by atoms with Gasteiger partial charge in [-0.2, -0.15) is 0 Å². The van der Waals surface area contributed by atoms with Crippen molar-refractivity contribution < 1.29 is 9.53 Å². The van der Waals surface area contributed by atoms with Gasteiger partial charge in [-0.25, -0.2) is 0 Å². The minimum Gasteiger partial charge on any atom is -0.497 e. The van der Waals surface area contributed by atoms with Crippen LogP contribution < -0.4 is 10.1 Å². The fourth-order valence-corrected chi connectivity index (χ4v) is 1.70. The van der Waals surface area contributed by atoms with E-state index in [9.17, 15) is 4.79 Å². The van der Waals surface area contributed by atoms with Crippen molar-refractivity contribution in [1.29, 1.82) is 0 Å². The highest BCUT2D eigenvalue weighted by atomic mass is 32.1. The van der Waals surface area contributed by atoms with E-state index in [0.717, 1.165) is 5.75 Å². The lowest BCUT2D eigenvalue weighted by atomic mass is 10.2. The molecule has 1 heterocycles. The van der Waals surface area contributed by atoms with Gasteiger partial charge in [0.2, 0.25) is 0 Å². The Morgan fingerprint density at radius 3 is 2.61 bits per heavy atom. The molecule has 0 bridgehead atoms. The minimum atomic E-state index is -0.234. The van der Waals surface area contributed by atoms with Crippen molar-refractivity contribution in [1.82, 2.24) is 4.98 Å². The van der Waals surface area contributed by atoms with Crippen LogP contribution in [0, 0.1) is 4.64 Å². The van der Waals surface area contributed by atoms with Crippen LogP contribution in [0.4, 0.5) is 5.69 Å². The van der Waals surface area contributed by atoms with Gasteiger partial charge in [0.15, 0.2) is 0 Å². The number of rotatable bonds is 3. The van der Waals surface area contributed by atoms with Crippen molar-refractivity contribution in [2.75, 3.05) is 12.4 Å². The van der Waals surface area contributed by atoms with Crippen LogP contribution in [0.15, 0.2) is 42.6 Å². The molecular weight excluding hydrogens is 248 g/mol. The number of H-pyrrole nitrogens is 1. The zero-order valence-electron chi connectivity index (χ0n) is 9.77. The Labute approximate surface area is 110 Å². The molecule has 1 aromatic heterocycles. The van der Waals surface area contributed by atoms with Crippen molar-refractivity contribution in [3.05, 3.63) is 52.8 Å². The third-order valence-electron chi connectivity index (χ3n) is 2.41. The number of hydrogen-bond donors (Lipinski definition) is 2. The van der Waals surface area contributed by atoms with Gasteiger partial charge in [-0.1, -0.05) is 12.2 Å². The summed E-state index contributed by atoms with van der Waals surface area (Å²) in [5.41, 5.74) is 1.14. The molecule has 1 aromatic carbocycles. The van der Waals surface area contributed by atoms with Crippen LogP contribution in [-0.4, -0.2) is 18.0 Å². The lowest BCUT2D eigenvalue weighted by Crippen LogP contribution is -2.12. The molecule has 0 fully saturated rings. The summed E-state index contributed by atoms with van der Waals surface area (Å²) in [6.45, 7) is 0. The number of carbonyl (C=O) groups is 1. The summed E-state index contributed by atoms with van der Waals surface area (Å²) in [5.74, 6) is 0.506. The fourth-order valence-electron chi connectivity index (χ4n) is 1.47. The zero-order chi connectivity index (χ0) is 13.0. The summed E-state index contributed by atoms with van der Waals surface area (Å²) in [6.07, 6.45) is 1.69. The third kappa shape index (κ3) is 2.75. The standard InChI is InChI=1S/C13H12N2O2S/c1-17-10-6-4-9(5-7-10)15-12(16)11-3-2-8-14-13(11)18/h2-8H,1H3,(H,14,18)(H,15,16). The van der Waals surface area contributed by atoms with Gasteiger partial charge in [-0.15, -0.1) is 0 Å². The first-order valence-corrected chi connectivity index (χ1v) is 5.74. The van der Waals surface area contributed by atoms with Crippen LogP contribution in [0.25, 0.3) is 0 Å². The number of nitrogens with one attached hydrogen (secondary N) is 2. The largest absolute Gasteiger partial charge is 0.497 e. The average molecular weight is 260 g/mol. The Morgan fingerprint density at radius 2 is 2.00 bits per heavy atom. The molecule has 18 heavy (non-hydrogen) atoms. The highest BCUT2D eigenvalue weighted by molar-refractivity contribution is 7.71. The summed E-state index contributed by atoms with van der Waals surface area (Å²) in [6, 6.07) is 10.5.